The first kappa shape index (κ1) is 17.8. The Morgan fingerprint density at radius 1 is 1.38 bits per heavy atom. The average Bonchev–Trinajstić information content (AvgIpc) is 2.58. The third kappa shape index (κ3) is 4.70. The van der Waals surface area contributed by atoms with Crippen molar-refractivity contribution in [1.29, 1.82) is 5.26 Å². The number of nitrogens with two attached hydrogens (primary N) is 1. The van der Waals surface area contributed by atoms with Crippen molar-refractivity contribution in [2.75, 3.05) is 5.73 Å². The van der Waals surface area contributed by atoms with Crippen LogP contribution in [0.1, 0.15) is 25.0 Å². The zero-order valence-electron chi connectivity index (χ0n) is 13.6. The van der Waals surface area contributed by atoms with E-state index in [1.807, 2.05) is 50.2 Å². The summed E-state index contributed by atoms with van der Waals surface area (Å²) in [6.45, 7) is 4.40. The number of benzene rings is 1. The van der Waals surface area contributed by atoms with Gasteiger partial charge in [-0.3, -0.25) is 4.79 Å². The number of rotatable bonds is 6. The summed E-state index contributed by atoms with van der Waals surface area (Å²) in [5, 5.41) is 11.8. The summed E-state index contributed by atoms with van der Waals surface area (Å²) in [5.74, 6) is 0.138. The van der Waals surface area contributed by atoms with Crippen LogP contribution >= 0.6 is 11.8 Å². The molecule has 0 fully saturated rings. The molecule has 24 heavy (non-hydrogen) atoms. The average molecular weight is 341 g/mol. The molecule has 1 atom stereocenters. The molecule has 0 saturated carbocycles. The molecule has 0 spiro atoms. The molecule has 0 saturated heterocycles. The number of nitriles is 1. The van der Waals surface area contributed by atoms with Gasteiger partial charge in [0, 0.05) is 6.54 Å². The van der Waals surface area contributed by atoms with E-state index >= 15 is 0 Å². The molecule has 0 unspecified atom stereocenters. The summed E-state index contributed by atoms with van der Waals surface area (Å²) >= 11 is 1.25. The van der Waals surface area contributed by atoms with E-state index in [-0.39, 0.29) is 28.5 Å². The van der Waals surface area contributed by atoms with Crippen LogP contribution in [0.4, 0.5) is 5.82 Å². The van der Waals surface area contributed by atoms with Crippen molar-refractivity contribution in [3.63, 3.8) is 0 Å². The van der Waals surface area contributed by atoms with Gasteiger partial charge in [-0.05, 0) is 11.5 Å². The number of thioether (sulfide) groups is 1. The standard InChI is InChI=1S/C17H19N5OS/c1-11(2)14(16(23)20-9-12-6-4-3-5-7-12)24-17-21-10-13(8-18)15(19)22-17/h3-7,10-11,14H,9H2,1-2H3,(H,20,23)(H2,19,21,22)/t14-/m0/s1. The molecule has 1 heterocycles. The van der Waals surface area contributed by atoms with Crippen molar-refractivity contribution in [2.45, 2.75) is 30.8 Å². The highest BCUT2D eigenvalue weighted by Crippen LogP contribution is 2.26. The first-order chi connectivity index (χ1) is 11.5. The molecule has 0 aliphatic heterocycles. The van der Waals surface area contributed by atoms with Crippen molar-refractivity contribution in [2.24, 2.45) is 5.92 Å². The highest BCUT2D eigenvalue weighted by molar-refractivity contribution is 8.00. The van der Waals surface area contributed by atoms with Gasteiger partial charge in [0.2, 0.25) is 5.91 Å². The predicted octanol–water partition coefficient (Wildman–Crippen LogP) is 2.36. The molecule has 2 rings (SSSR count). The summed E-state index contributed by atoms with van der Waals surface area (Å²) in [4.78, 5) is 20.7. The number of anilines is 1. The molecule has 0 aliphatic rings. The lowest BCUT2D eigenvalue weighted by atomic mass is 10.1. The molecule has 3 N–H and O–H groups in total. The number of amides is 1. The van der Waals surface area contributed by atoms with Crippen LogP contribution in [-0.4, -0.2) is 21.1 Å². The quantitative estimate of drug-likeness (QED) is 0.617. The number of hydrogen-bond donors (Lipinski definition) is 2. The molecular formula is C17H19N5OS. The number of carbonyl (C=O) groups excluding carboxylic acids is 1. The summed E-state index contributed by atoms with van der Waals surface area (Å²) < 4.78 is 0. The van der Waals surface area contributed by atoms with E-state index in [4.69, 9.17) is 11.0 Å². The van der Waals surface area contributed by atoms with E-state index in [1.54, 1.807) is 0 Å². The number of hydrogen-bond acceptors (Lipinski definition) is 6. The maximum absolute atomic E-state index is 12.5. The molecule has 1 aromatic carbocycles. The normalized spacial score (nSPS) is 11.8. The second-order valence-electron chi connectivity index (χ2n) is 5.55. The topological polar surface area (TPSA) is 105 Å². The molecule has 7 heteroatoms. The molecule has 0 radical (unpaired) electrons. The van der Waals surface area contributed by atoms with Crippen LogP contribution in [0.2, 0.25) is 0 Å². The Labute approximate surface area is 145 Å². The minimum Gasteiger partial charge on any atom is -0.382 e. The van der Waals surface area contributed by atoms with Gasteiger partial charge in [-0.15, -0.1) is 0 Å². The summed E-state index contributed by atoms with van der Waals surface area (Å²) in [6, 6.07) is 11.6. The maximum Gasteiger partial charge on any atom is 0.234 e. The summed E-state index contributed by atoms with van der Waals surface area (Å²) in [5.41, 5.74) is 6.98. The lowest BCUT2D eigenvalue weighted by molar-refractivity contribution is -0.121. The second kappa shape index (κ2) is 8.31. The number of nitrogens with zero attached hydrogens (tertiary/aromatic N) is 3. The van der Waals surface area contributed by atoms with E-state index in [2.05, 4.69) is 15.3 Å². The Morgan fingerprint density at radius 3 is 2.67 bits per heavy atom. The van der Waals surface area contributed by atoms with Gasteiger partial charge < -0.3 is 11.1 Å². The molecule has 0 aliphatic carbocycles. The minimum absolute atomic E-state index is 0.0783. The van der Waals surface area contributed by atoms with Gasteiger partial charge in [0.1, 0.15) is 17.5 Å². The van der Waals surface area contributed by atoms with Gasteiger partial charge in [0.15, 0.2) is 5.16 Å². The molecule has 6 nitrogen and oxygen atoms in total. The van der Waals surface area contributed by atoms with Crippen LogP contribution in [0.25, 0.3) is 0 Å². The van der Waals surface area contributed by atoms with Crippen LogP contribution in [0, 0.1) is 17.2 Å². The van der Waals surface area contributed by atoms with E-state index in [0.717, 1.165) is 5.56 Å². The second-order valence-corrected chi connectivity index (χ2v) is 6.66. The predicted molar refractivity (Wildman–Crippen MR) is 93.9 cm³/mol. The van der Waals surface area contributed by atoms with Gasteiger partial charge in [0.05, 0.1) is 11.4 Å². The monoisotopic (exact) mass is 341 g/mol. The number of aromatic nitrogens is 2. The van der Waals surface area contributed by atoms with Crippen molar-refractivity contribution < 1.29 is 4.79 Å². The Morgan fingerprint density at radius 2 is 2.08 bits per heavy atom. The smallest absolute Gasteiger partial charge is 0.234 e. The van der Waals surface area contributed by atoms with Crippen LogP contribution in [0.3, 0.4) is 0 Å². The van der Waals surface area contributed by atoms with Gasteiger partial charge >= 0.3 is 0 Å². The molecule has 0 bridgehead atoms. The van der Waals surface area contributed by atoms with E-state index < -0.39 is 0 Å². The lowest BCUT2D eigenvalue weighted by Crippen LogP contribution is -2.35. The molecule has 124 valence electrons. The van der Waals surface area contributed by atoms with Crippen LogP contribution in [-0.2, 0) is 11.3 Å². The van der Waals surface area contributed by atoms with Crippen molar-refractivity contribution >= 4 is 23.5 Å². The summed E-state index contributed by atoms with van der Waals surface area (Å²) in [6.07, 6.45) is 1.38. The Hall–Kier alpha value is -2.59. The summed E-state index contributed by atoms with van der Waals surface area (Å²) in [7, 11) is 0. The first-order valence-corrected chi connectivity index (χ1v) is 8.40. The number of nitrogen functional groups attached to an aromatic ring is 1. The molecule has 2 aromatic rings. The Bertz CT molecular complexity index is 742. The Balaban J connectivity index is 2.04. The van der Waals surface area contributed by atoms with E-state index in [9.17, 15) is 4.79 Å². The van der Waals surface area contributed by atoms with Gasteiger partial charge in [-0.25, -0.2) is 9.97 Å². The zero-order chi connectivity index (χ0) is 17.5. The van der Waals surface area contributed by atoms with Gasteiger partial charge in [0.25, 0.3) is 0 Å². The van der Waals surface area contributed by atoms with Crippen LogP contribution in [0.15, 0.2) is 41.7 Å². The lowest BCUT2D eigenvalue weighted by Gasteiger charge is -2.19. The molecular weight excluding hydrogens is 322 g/mol. The maximum atomic E-state index is 12.5. The fraction of sp³-hybridized carbons (Fsp3) is 0.294. The molecule has 1 aromatic heterocycles. The first-order valence-electron chi connectivity index (χ1n) is 7.52. The van der Waals surface area contributed by atoms with Crippen LogP contribution < -0.4 is 11.1 Å². The number of carbonyl (C=O) groups is 1. The third-order valence-corrected chi connectivity index (χ3v) is 4.74. The fourth-order valence-electron chi connectivity index (χ4n) is 2.01. The molecule has 1 amide bonds. The largest absolute Gasteiger partial charge is 0.382 e. The number of nitrogens with one attached hydrogen (secondary N) is 1. The highest BCUT2D eigenvalue weighted by atomic mass is 32.2. The van der Waals surface area contributed by atoms with E-state index in [1.165, 1.54) is 18.0 Å². The minimum atomic E-state index is -0.346. The van der Waals surface area contributed by atoms with Gasteiger partial charge in [-0.1, -0.05) is 55.9 Å². The Kier molecular flexibility index (Phi) is 6.15. The van der Waals surface area contributed by atoms with Gasteiger partial charge in [-0.2, -0.15) is 5.26 Å². The van der Waals surface area contributed by atoms with E-state index in [0.29, 0.717) is 11.7 Å². The van der Waals surface area contributed by atoms with Crippen molar-refractivity contribution in [1.82, 2.24) is 15.3 Å². The third-order valence-electron chi connectivity index (χ3n) is 3.32. The highest BCUT2D eigenvalue weighted by Gasteiger charge is 2.24. The van der Waals surface area contributed by atoms with Crippen molar-refractivity contribution in [3.8, 4) is 6.07 Å². The van der Waals surface area contributed by atoms with Crippen molar-refractivity contribution in [3.05, 3.63) is 47.7 Å². The SMILES string of the molecule is CC(C)[C@H](Sc1ncc(C#N)c(N)n1)C(=O)NCc1ccccc1. The fourth-order valence-corrected chi connectivity index (χ4v) is 2.97. The van der Waals surface area contributed by atoms with Crippen LogP contribution in [0.5, 0.6) is 0 Å². The zero-order valence-corrected chi connectivity index (χ0v) is 14.4.